The smallest absolute Gasteiger partial charge is 0.338 e. The fraction of sp³-hybridized carbons (Fsp3) is 0. The van der Waals surface area contributed by atoms with E-state index in [1.165, 1.54) is 18.2 Å². The number of nitrogens with zero attached hydrogens (tertiary/aromatic N) is 1. The highest BCUT2D eigenvalue weighted by Crippen LogP contribution is 2.28. The van der Waals surface area contributed by atoms with Crippen LogP contribution < -0.4 is 0 Å². The van der Waals surface area contributed by atoms with Crippen molar-refractivity contribution >= 4 is 23.3 Å². The molecule has 1 aromatic carbocycles. The summed E-state index contributed by atoms with van der Waals surface area (Å²) in [5, 5.41) is 11.1. The summed E-state index contributed by atoms with van der Waals surface area (Å²) < 4.78 is 0. The molecule has 0 fully saturated rings. The second-order valence-corrected chi connectivity index (χ2v) is 2.44. The highest BCUT2D eigenvalue weighted by atomic mass is 35.5. The van der Waals surface area contributed by atoms with Gasteiger partial charge in [0, 0.05) is 0 Å². The van der Waals surface area contributed by atoms with Gasteiger partial charge in [-0.15, -0.1) is 4.91 Å². The molecule has 1 rings (SSSR count). The molecule has 0 heterocycles. The van der Waals surface area contributed by atoms with E-state index in [9.17, 15) is 9.70 Å². The SMILES string of the molecule is O=Nc1c(Cl)cccc1C(=O)O. The van der Waals surface area contributed by atoms with Crippen LogP contribution in [0.15, 0.2) is 23.4 Å². The molecule has 1 N–H and O–H groups in total. The topological polar surface area (TPSA) is 66.7 Å². The fourth-order valence-electron chi connectivity index (χ4n) is 0.781. The number of halogens is 1. The van der Waals surface area contributed by atoms with Crippen molar-refractivity contribution in [3.8, 4) is 0 Å². The van der Waals surface area contributed by atoms with Gasteiger partial charge < -0.3 is 5.11 Å². The van der Waals surface area contributed by atoms with Gasteiger partial charge in [0.05, 0.1) is 10.6 Å². The number of aromatic carboxylic acids is 1. The van der Waals surface area contributed by atoms with Crippen LogP contribution in [0, 0.1) is 4.91 Å². The zero-order valence-corrected chi connectivity index (χ0v) is 6.58. The Balaban J connectivity index is 3.37. The van der Waals surface area contributed by atoms with Crippen molar-refractivity contribution in [2.24, 2.45) is 5.18 Å². The number of rotatable bonds is 2. The van der Waals surface area contributed by atoms with E-state index < -0.39 is 5.97 Å². The number of carboxylic acid groups (broad SMARTS) is 1. The number of hydrogen-bond acceptors (Lipinski definition) is 3. The van der Waals surface area contributed by atoms with Crippen molar-refractivity contribution in [3.63, 3.8) is 0 Å². The van der Waals surface area contributed by atoms with Gasteiger partial charge in [-0.05, 0) is 17.3 Å². The third-order valence-corrected chi connectivity index (χ3v) is 1.61. The van der Waals surface area contributed by atoms with Crippen molar-refractivity contribution in [2.45, 2.75) is 0 Å². The van der Waals surface area contributed by atoms with E-state index in [2.05, 4.69) is 5.18 Å². The van der Waals surface area contributed by atoms with E-state index in [0.717, 1.165) is 0 Å². The van der Waals surface area contributed by atoms with Gasteiger partial charge in [0.15, 0.2) is 0 Å². The maximum Gasteiger partial charge on any atom is 0.338 e. The minimum Gasteiger partial charge on any atom is -0.478 e. The number of carboxylic acids is 1. The van der Waals surface area contributed by atoms with Crippen LogP contribution in [0.3, 0.4) is 0 Å². The largest absolute Gasteiger partial charge is 0.478 e. The Bertz CT molecular complexity index is 337. The quantitative estimate of drug-likeness (QED) is 0.720. The first-order valence-corrected chi connectivity index (χ1v) is 3.39. The Morgan fingerprint density at radius 2 is 2.17 bits per heavy atom. The zero-order valence-electron chi connectivity index (χ0n) is 5.82. The predicted molar refractivity (Wildman–Crippen MR) is 43.9 cm³/mol. The van der Waals surface area contributed by atoms with Gasteiger partial charge in [0.25, 0.3) is 0 Å². The molecule has 0 saturated carbocycles. The third-order valence-electron chi connectivity index (χ3n) is 1.31. The molecule has 0 amide bonds. The molecule has 4 nitrogen and oxygen atoms in total. The Hall–Kier alpha value is -1.42. The van der Waals surface area contributed by atoms with Crippen LogP contribution >= 0.6 is 11.6 Å². The molecule has 0 saturated heterocycles. The summed E-state index contributed by atoms with van der Waals surface area (Å²) >= 11 is 5.52. The molecule has 0 atom stereocenters. The lowest BCUT2D eigenvalue weighted by molar-refractivity contribution is 0.0698. The summed E-state index contributed by atoms with van der Waals surface area (Å²) in [6.45, 7) is 0. The third kappa shape index (κ3) is 1.43. The standard InChI is InChI=1S/C7H4ClNO3/c8-5-3-1-2-4(7(10)11)6(5)9-12/h1-3H,(H,10,11). The summed E-state index contributed by atoms with van der Waals surface area (Å²) in [6, 6.07) is 4.12. The van der Waals surface area contributed by atoms with Crippen LogP contribution in [0.25, 0.3) is 0 Å². The Labute approximate surface area is 72.8 Å². The highest BCUT2D eigenvalue weighted by molar-refractivity contribution is 6.33. The van der Waals surface area contributed by atoms with E-state index in [-0.39, 0.29) is 16.3 Å². The lowest BCUT2D eigenvalue weighted by Gasteiger charge is -1.97. The van der Waals surface area contributed by atoms with Crippen molar-refractivity contribution in [1.82, 2.24) is 0 Å². The van der Waals surface area contributed by atoms with E-state index in [0.29, 0.717) is 0 Å². The molecule has 0 unspecified atom stereocenters. The molecular weight excluding hydrogens is 182 g/mol. The maximum atomic E-state index is 10.5. The number of carbonyl (C=O) groups is 1. The molecule has 0 aromatic heterocycles. The average molecular weight is 186 g/mol. The average Bonchev–Trinajstić information content (AvgIpc) is 2.03. The summed E-state index contributed by atoms with van der Waals surface area (Å²) in [6.07, 6.45) is 0. The molecule has 0 aliphatic heterocycles. The molecule has 0 spiro atoms. The minimum absolute atomic E-state index is 0.0462. The maximum absolute atomic E-state index is 10.5. The number of hydrogen-bond donors (Lipinski definition) is 1. The molecule has 0 aliphatic carbocycles. The number of nitroso groups, excluding NO2 is 1. The summed E-state index contributed by atoms with van der Waals surface area (Å²) in [7, 11) is 0. The van der Waals surface area contributed by atoms with Crippen molar-refractivity contribution in [3.05, 3.63) is 33.7 Å². The molecule has 62 valence electrons. The Kier molecular flexibility index (Phi) is 2.40. The normalized spacial score (nSPS) is 9.42. The van der Waals surface area contributed by atoms with Crippen LogP contribution in [-0.4, -0.2) is 11.1 Å². The predicted octanol–water partition coefficient (Wildman–Crippen LogP) is 2.44. The van der Waals surface area contributed by atoms with Crippen LogP contribution in [0.5, 0.6) is 0 Å². The fourth-order valence-corrected chi connectivity index (χ4v) is 0.990. The minimum atomic E-state index is -1.22. The van der Waals surface area contributed by atoms with Crippen LogP contribution in [-0.2, 0) is 0 Å². The van der Waals surface area contributed by atoms with Crippen LogP contribution in [0.2, 0.25) is 5.02 Å². The van der Waals surface area contributed by atoms with Crippen LogP contribution in [0.1, 0.15) is 10.4 Å². The van der Waals surface area contributed by atoms with Crippen molar-refractivity contribution in [1.29, 1.82) is 0 Å². The van der Waals surface area contributed by atoms with Crippen molar-refractivity contribution in [2.75, 3.05) is 0 Å². The van der Waals surface area contributed by atoms with Gasteiger partial charge in [-0.1, -0.05) is 17.7 Å². The van der Waals surface area contributed by atoms with Crippen LogP contribution in [0.4, 0.5) is 5.69 Å². The van der Waals surface area contributed by atoms with Gasteiger partial charge in [-0.2, -0.15) is 0 Å². The zero-order chi connectivity index (χ0) is 9.14. The van der Waals surface area contributed by atoms with Gasteiger partial charge >= 0.3 is 5.97 Å². The van der Waals surface area contributed by atoms with Crippen molar-refractivity contribution < 1.29 is 9.90 Å². The molecule has 0 radical (unpaired) electrons. The Morgan fingerprint density at radius 3 is 2.58 bits per heavy atom. The molecule has 0 bridgehead atoms. The van der Waals surface area contributed by atoms with Gasteiger partial charge in [-0.3, -0.25) is 0 Å². The summed E-state index contributed by atoms with van der Waals surface area (Å²) in [5.41, 5.74) is -0.413. The van der Waals surface area contributed by atoms with E-state index >= 15 is 0 Å². The first-order valence-electron chi connectivity index (χ1n) is 3.02. The Morgan fingerprint density at radius 1 is 1.50 bits per heavy atom. The molecule has 12 heavy (non-hydrogen) atoms. The molecule has 5 heteroatoms. The second-order valence-electron chi connectivity index (χ2n) is 2.03. The highest BCUT2D eigenvalue weighted by Gasteiger charge is 2.12. The van der Waals surface area contributed by atoms with Gasteiger partial charge in [0.1, 0.15) is 5.69 Å². The molecule has 1 aromatic rings. The molecular formula is C7H4ClNO3. The van der Waals surface area contributed by atoms with Gasteiger partial charge in [-0.25, -0.2) is 4.79 Å². The molecule has 0 aliphatic rings. The first kappa shape index (κ1) is 8.67. The number of benzene rings is 1. The second kappa shape index (κ2) is 3.32. The first-order chi connectivity index (χ1) is 5.66. The van der Waals surface area contributed by atoms with E-state index in [1.54, 1.807) is 0 Å². The monoisotopic (exact) mass is 185 g/mol. The van der Waals surface area contributed by atoms with Gasteiger partial charge in [0.2, 0.25) is 0 Å². The lowest BCUT2D eigenvalue weighted by atomic mass is 10.2. The lowest BCUT2D eigenvalue weighted by Crippen LogP contribution is -1.96. The van der Waals surface area contributed by atoms with E-state index in [1.807, 2.05) is 0 Å². The summed E-state index contributed by atoms with van der Waals surface area (Å²) in [4.78, 5) is 20.6. The summed E-state index contributed by atoms with van der Waals surface area (Å²) in [5.74, 6) is -1.22. The van der Waals surface area contributed by atoms with E-state index in [4.69, 9.17) is 16.7 Å².